The summed E-state index contributed by atoms with van der Waals surface area (Å²) in [4.78, 5) is 14.5. The minimum atomic E-state index is -0.148. The van der Waals surface area contributed by atoms with Crippen LogP contribution in [0.25, 0.3) is 6.08 Å². The van der Waals surface area contributed by atoms with Gasteiger partial charge in [0.2, 0.25) is 5.91 Å². The normalized spacial score (nSPS) is 15.0. The van der Waals surface area contributed by atoms with Crippen molar-refractivity contribution in [1.82, 2.24) is 4.90 Å². The van der Waals surface area contributed by atoms with Gasteiger partial charge in [0.05, 0.1) is 19.8 Å². The minimum Gasteiger partial charge on any atom is -0.494 e. The number of carbonyl (C=O) groups excluding carboxylic acids is 1. The van der Waals surface area contributed by atoms with E-state index in [-0.39, 0.29) is 5.91 Å². The molecule has 5 nitrogen and oxygen atoms in total. The van der Waals surface area contributed by atoms with Gasteiger partial charge in [-0.3, -0.25) is 9.69 Å². The fraction of sp³-hybridized carbons (Fsp3) is 0.318. The first kappa shape index (κ1) is 19.1. The molecule has 2 aromatic carbocycles. The fourth-order valence-electron chi connectivity index (χ4n) is 2.91. The van der Waals surface area contributed by atoms with Crippen LogP contribution >= 0.6 is 0 Å². The third-order valence-electron chi connectivity index (χ3n) is 4.35. The lowest BCUT2D eigenvalue weighted by Gasteiger charge is -2.26. The van der Waals surface area contributed by atoms with Crippen molar-refractivity contribution in [1.29, 1.82) is 0 Å². The zero-order valence-electron chi connectivity index (χ0n) is 15.7. The van der Waals surface area contributed by atoms with Gasteiger partial charge in [-0.2, -0.15) is 0 Å². The number of amides is 1. The molecule has 5 heteroatoms. The molecular weight excluding hydrogens is 340 g/mol. The summed E-state index contributed by atoms with van der Waals surface area (Å²) in [6, 6.07) is 15.6. The van der Waals surface area contributed by atoms with Crippen LogP contribution in [0.4, 0.5) is 5.69 Å². The maximum absolute atomic E-state index is 12.1. The molecule has 2 aromatic rings. The van der Waals surface area contributed by atoms with Crippen LogP contribution in [-0.4, -0.2) is 43.7 Å². The van der Waals surface area contributed by atoms with Gasteiger partial charge in [-0.05, 0) is 48.4 Å². The molecule has 142 valence electrons. The quantitative estimate of drug-likeness (QED) is 0.761. The van der Waals surface area contributed by atoms with Crippen LogP contribution < -0.4 is 10.1 Å². The van der Waals surface area contributed by atoms with E-state index in [9.17, 15) is 4.79 Å². The average Bonchev–Trinajstić information content (AvgIpc) is 2.70. The second kappa shape index (κ2) is 9.90. The van der Waals surface area contributed by atoms with Gasteiger partial charge in [0.1, 0.15) is 5.75 Å². The van der Waals surface area contributed by atoms with E-state index in [1.54, 1.807) is 6.08 Å². The summed E-state index contributed by atoms with van der Waals surface area (Å²) < 4.78 is 10.8. The van der Waals surface area contributed by atoms with Crippen LogP contribution in [0.5, 0.6) is 5.75 Å². The summed E-state index contributed by atoms with van der Waals surface area (Å²) in [7, 11) is 0. The van der Waals surface area contributed by atoms with E-state index >= 15 is 0 Å². The van der Waals surface area contributed by atoms with Crippen LogP contribution in [0.2, 0.25) is 0 Å². The Bertz CT molecular complexity index is 748. The van der Waals surface area contributed by atoms with Gasteiger partial charge in [-0.15, -0.1) is 0 Å². The van der Waals surface area contributed by atoms with Gasteiger partial charge in [0.25, 0.3) is 0 Å². The Labute approximate surface area is 160 Å². The highest BCUT2D eigenvalue weighted by molar-refractivity contribution is 6.01. The molecule has 1 aliphatic rings. The molecule has 1 N–H and O–H groups in total. The first-order valence-electron chi connectivity index (χ1n) is 9.34. The van der Waals surface area contributed by atoms with E-state index in [4.69, 9.17) is 9.47 Å². The highest BCUT2D eigenvalue weighted by Gasteiger charge is 2.10. The molecule has 1 amide bonds. The Kier molecular flexibility index (Phi) is 7.02. The summed E-state index contributed by atoms with van der Waals surface area (Å²) in [6.45, 7) is 7.04. The molecule has 0 aromatic heterocycles. The third kappa shape index (κ3) is 6.24. The average molecular weight is 366 g/mol. The molecule has 1 aliphatic heterocycles. The van der Waals surface area contributed by atoms with Gasteiger partial charge in [0.15, 0.2) is 0 Å². The van der Waals surface area contributed by atoms with Gasteiger partial charge in [-0.1, -0.05) is 24.3 Å². The topological polar surface area (TPSA) is 50.8 Å². The molecule has 0 atom stereocenters. The van der Waals surface area contributed by atoms with Crippen molar-refractivity contribution in [2.45, 2.75) is 13.5 Å². The maximum atomic E-state index is 12.1. The summed E-state index contributed by atoms with van der Waals surface area (Å²) in [5.74, 6) is 0.682. The number of hydrogen-bond donors (Lipinski definition) is 1. The van der Waals surface area contributed by atoms with Gasteiger partial charge < -0.3 is 14.8 Å². The van der Waals surface area contributed by atoms with E-state index in [0.717, 1.165) is 49.8 Å². The van der Waals surface area contributed by atoms with Crippen molar-refractivity contribution >= 4 is 17.7 Å². The van der Waals surface area contributed by atoms with Gasteiger partial charge in [0, 0.05) is 31.4 Å². The van der Waals surface area contributed by atoms with Gasteiger partial charge >= 0.3 is 0 Å². The predicted molar refractivity (Wildman–Crippen MR) is 108 cm³/mol. The van der Waals surface area contributed by atoms with Crippen molar-refractivity contribution in [3.8, 4) is 5.75 Å². The number of benzene rings is 2. The van der Waals surface area contributed by atoms with Crippen LogP contribution in [0.1, 0.15) is 18.1 Å². The van der Waals surface area contributed by atoms with Crippen molar-refractivity contribution in [3.05, 3.63) is 65.7 Å². The lowest BCUT2D eigenvalue weighted by Crippen LogP contribution is -2.35. The second-order valence-corrected chi connectivity index (χ2v) is 6.41. The van der Waals surface area contributed by atoms with Crippen molar-refractivity contribution in [2.24, 2.45) is 0 Å². The number of morpholine rings is 1. The smallest absolute Gasteiger partial charge is 0.248 e. The van der Waals surface area contributed by atoms with E-state index < -0.39 is 0 Å². The number of nitrogens with zero attached hydrogens (tertiary/aromatic N) is 1. The van der Waals surface area contributed by atoms with E-state index in [1.165, 1.54) is 11.6 Å². The molecule has 1 saturated heterocycles. The highest BCUT2D eigenvalue weighted by atomic mass is 16.5. The molecule has 1 fully saturated rings. The third-order valence-corrected chi connectivity index (χ3v) is 4.35. The standard InChI is InChI=1S/C22H26N2O3/c1-2-27-21-10-5-18(6-11-21)7-12-22(25)23-20-8-3-19(4-9-20)17-24-13-15-26-16-14-24/h3-12H,2,13-17H2,1H3,(H,23,25)/b12-7+. The predicted octanol–water partition coefficient (Wildman–Crippen LogP) is 3.57. The summed E-state index contributed by atoms with van der Waals surface area (Å²) in [6.07, 6.45) is 3.33. The van der Waals surface area contributed by atoms with Gasteiger partial charge in [-0.25, -0.2) is 0 Å². The minimum absolute atomic E-state index is 0.148. The number of anilines is 1. The monoisotopic (exact) mass is 366 g/mol. The Morgan fingerprint density at radius 3 is 2.48 bits per heavy atom. The van der Waals surface area contributed by atoms with Crippen LogP contribution in [0.3, 0.4) is 0 Å². The molecule has 0 spiro atoms. The van der Waals surface area contributed by atoms with Crippen LogP contribution in [-0.2, 0) is 16.1 Å². The summed E-state index contributed by atoms with van der Waals surface area (Å²) in [5, 5.41) is 2.89. The molecule has 0 aliphatic carbocycles. The summed E-state index contributed by atoms with van der Waals surface area (Å²) in [5.41, 5.74) is 2.98. The first-order valence-corrected chi connectivity index (χ1v) is 9.34. The van der Waals surface area contributed by atoms with E-state index in [1.807, 2.05) is 43.3 Å². The fourth-order valence-corrected chi connectivity index (χ4v) is 2.91. The number of rotatable bonds is 7. The molecule has 0 bridgehead atoms. The molecular formula is C22H26N2O3. The molecule has 0 unspecified atom stereocenters. The van der Waals surface area contributed by atoms with Crippen molar-refractivity contribution in [2.75, 3.05) is 38.2 Å². The SMILES string of the molecule is CCOc1ccc(/C=C/C(=O)Nc2ccc(CN3CCOCC3)cc2)cc1. The Morgan fingerprint density at radius 1 is 1.11 bits per heavy atom. The zero-order chi connectivity index (χ0) is 18.9. The van der Waals surface area contributed by atoms with Crippen molar-refractivity contribution < 1.29 is 14.3 Å². The molecule has 0 radical (unpaired) electrons. The zero-order valence-corrected chi connectivity index (χ0v) is 15.7. The number of ether oxygens (including phenoxy) is 2. The largest absolute Gasteiger partial charge is 0.494 e. The lowest BCUT2D eigenvalue weighted by molar-refractivity contribution is -0.111. The molecule has 3 rings (SSSR count). The maximum Gasteiger partial charge on any atom is 0.248 e. The van der Waals surface area contributed by atoms with Crippen LogP contribution in [0, 0.1) is 0 Å². The number of hydrogen-bond acceptors (Lipinski definition) is 4. The Hall–Kier alpha value is -2.63. The molecule has 1 heterocycles. The first-order chi connectivity index (χ1) is 13.2. The molecule has 0 saturated carbocycles. The number of nitrogens with one attached hydrogen (secondary N) is 1. The Morgan fingerprint density at radius 2 is 1.81 bits per heavy atom. The number of carbonyl (C=O) groups is 1. The van der Waals surface area contributed by atoms with E-state index in [0.29, 0.717) is 6.61 Å². The Balaban J connectivity index is 1.49. The van der Waals surface area contributed by atoms with E-state index in [2.05, 4.69) is 22.3 Å². The molecule has 27 heavy (non-hydrogen) atoms. The second-order valence-electron chi connectivity index (χ2n) is 6.41. The summed E-state index contributed by atoms with van der Waals surface area (Å²) >= 11 is 0. The highest BCUT2D eigenvalue weighted by Crippen LogP contribution is 2.14. The van der Waals surface area contributed by atoms with Crippen molar-refractivity contribution in [3.63, 3.8) is 0 Å². The lowest BCUT2D eigenvalue weighted by atomic mass is 10.2. The van der Waals surface area contributed by atoms with Crippen LogP contribution in [0.15, 0.2) is 54.6 Å².